The highest BCUT2D eigenvalue weighted by molar-refractivity contribution is 5.87. The number of carbonyl (C=O) groups is 1. The lowest BCUT2D eigenvalue weighted by Crippen LogP contribution is -2.46. The molecule has 1 fully saturated rings. The third kappa shape index (κ3) is 4.10. The van der Waals surface area contributed by atoms with Crippen LogP contribution >= 0.6 is 0 Å². The Balaban J connectivity index is 1.57. The van der Waals surface area contributed by atoms with Crippen LogP contribution in [0.25, 0.3) is 0 Å². The fraction of sp³-hybridized carbons (Fsp3) is 0.294. The Bertz CT molecular complexity index is 696. The van der Waals surface area contributed by atoms with Crippen LogP contribution in [0.4, 0.5) is 22.0 Å². The molecule has 8 heteroatoms. The molecule has 2 amide bonds. The van der Waals surface area contributed by atoms with Crippen molar-refractivity contribution in [2.45, 2.75) is 0 Å². The monoisotopic (exact) mass is 342 g/mol. The largest absolute Gasteiger partial charge is 0.497 e. The van der Waals surface area contributed by atoms with E-state index in [2.05, 4.69) is 32.2 Å². The van der Waals surface area contributed by atoms with Gasteiger partial charge >= 0.3 is 6.03 Å². The van der Waals surface area contributed by atoms with Crippen LogP contribution in [-0.4, -0.2) is 44.3 Å². The van der Waals surface area contributed by atoms with Gasteiger partial charge in [-0.1, -0.05) is 0 Å². The molecule has 1 aliphatic heterocycles. The lowest BCUT2D eigenvalue weighted by molar-refractivity contribution is 0.252. The molecule has 2 heterocycles. The first-order valence-electron chi connectivity index (χ1n) is 8.07. The molecule has 0 spiro atoms. The zero-order valence-corrected chi connectivity index (χ0v) is 14.1. The summed E-state index contributed by atoms with van der Waals surface area (Å²) < 4.78 is 5.20. The minimum atomic E-state index is -0.492. The van der Waals surface area contributed by atoms with E-state index in [1.165, 1.54) is 5.69 Å². The third-order valence-electron chi connectivity index (χ3n) is 4.20. The predicted octanol–water partition coefficient (Wildman–Crippen LogP) is 1.41. The molecule has 0 saturated carbocycles. The van der Waals surface area contributed by atoms with Crippen LogP contribution in [0.1, 0.15) is 0 Å². The summed E-state index contributed by atoms with van der Waals surface area (Å²) in [5, 5.41) is 2.54. The predicted molar refractivity (Wildman–Crippen MR) is 98.0 cm³/mol. The molecule has 0 atom stereocenters. The van der Waals surface area contributed by atoms with Crippen molar-refractivity contribution in [2.75, 3.05) is 48.4 Å². The van der Waals surface area contributed by atoms with Gasteiger partial charge in [0.25, 0.3) is 0 Å². The first-order chi connectivity index (χ1) is 12.2. The van der Waals surface area contributed by atoms with E-state index in [0.717, 1.165) is 37.6 Å². The van der Waals surface area contributed by atoms with E-state index in [-0.39, 0.29) is 0 Å². The van der Waals surface area contributed by atoms with Gasteiger partial charge in [0, 0.05) is 31.9 Å². The highest BCUT2D eigenvalue weighted by Gasteiger charge is 2.18. The highest BCUT2D eigenvalue weighted by atomic mass is 16.5. The maximum Gasteiger partial charge on any atom is 0.334 e. The quantitative estimate of drug-likeness (QED) is 0.442. The van der Waals surface area contributed by atoms with Gasteiger partial charge in [-0.2, -0.15) is 0 Å². The number of hydrogen-bond acceptors (Lipinski definition) is 6. The lowest BCUT2D eigenvalue weighted by atomic mass is 10.2. The zero-order valence-electron chi connectivity index (χ0n) is 14.1. The topological polar surface area (TPSA) is 95.8 Å². The Labute approximate surface area is 146 Å². The molecule has 3 rings (SSSR count). The van der Waals surface area contributed by atoms with Gasteiger partial charge in [0.2, 0.25) is 0 Å². The second kappa shape index (κ2) is 7.71. The van der Waals surface area contributed by atoms with Crippen molar-refractivity contribution in [1.82, 2.24) is 10.4 Å². The number of aromatic nitrogens is 1. The summed E-state index contributed by atoms with van der Waals surface area (Å²) in [7, 11) is 1.67. The minimum absolute atomic E-state index is 0.462. The second-order valence-corrected chi connectivity index (χ2v) is 5.67. The summed E-state index contributed by atoms with van der Waals surface area (Å²) in [5.41, 5.74) is 4.24. The van der Waals surface area contributed by atoms with E-state index >= 15 is 0 Å². The molecular weight excluding hydrogens is 320 g/mol. The normalized spacial score (nSPS) is 14.2. The van der Waals surface area contributed by atoms with Gasteiger partial charge in [-0.25, -0.2) is 15.6 Å². The fourth-order valence-corrected chi connectivity index (χ4v) is 2.82. The molecule has 0 aliphatic carbocycles. The standard InChI is InChI=1S/C17H22N6O2/c1-25-15-5-2-13(3-6-15)22-8-10-23(11-9-22)14-4-7-16(19-12-14)20-17(24)21-18/h2-7,12H,8-11,18H2,1H3,(H2,19,20,21,24). The maximum atomic E-state index is 11.2. The average molecular weight is 342 g/mol. The number of hydrogen-bond donors (Lipinski definition) is 3. The molecule has 25 heavy (non-hydrogen) atoms. The van der Waals surface area contributed by atoms with Crippen molar-refractivity contribution in [3.05, 3.63) is 42.6 Å². The first-order valence-corrected chi connectivity index (χ1v) is 8.07. The zero-order chi connectivity index (χ0) is 17.6. The lowest BCUT2D eigenvalue weighted by Gasteiger charge is -2.37. The van der Waals surface area contributed by atoms with Crippen molar-refractivity contribution >= 4 is 23.2 Å². The van der Waals surface area contributed by atoms with Gasteiger partial charge in [0.15, 0.2) is 0 Å². The number of anilines is 3. The van der Waals surface area contributed by atoms with Gasteiger partial charge < -0.3 is 14.5 Å². The SMILES string of the molecule is COc1ccc(N2CCN(c3ccc(NC(=O)NN)nc3)CC2)cc1. The smallest absolute Gasteiger partial charge is 0.334 e. The van der Waals surface area contributed by atoms with E-state index in [9.17, 15) is 4.79 Å². The molecule has 8 nitrogen and oxygen atoms in total. The molecule has 1 saturated heterocycles. The fourth-order valence-electron chi connectivity index (χ4n) is 2.82. The van der Waals surface area contributed by atoms with Gasteiger partial charge in [0.05, 0.1) is 19.0 Å². The number of pyridine rings is 1. The number of carbonyl (C=O) groups excluding carboxylic acids is 1. The number of nitrogens with one attached hydrogen (secondary N) is 2. The number of hydrazine groups is 1. The number of rotatable bonds is 4. The Morgan fingerprint density at radius 2 is 1.64 bits per heavy atom. The number of piperazine rings is 1. The molecule has 1 aromatic carbocycles. The summed E-state index contributed by atoms with van der Waals surface area (Å²) in [4.78, 5) is 20.0. The number of nitrogens with two attached hydrogens (primary N) is 1. The van der Waals surface area contributed by atoms with E-state index in [0.29, 0.717) is 5.82 Å². The molecule has 0 bridgehead atoms. The van der Waals surface area contributed by atoms with Crippen LogP contribution in [0.15, 0.2) is 42.6 Å². The Hall–Kier alpha value is -3.00. The second-order valence-electron chi connectivity index (χ2n) is 5.67. The van der Waals surface area contributed by atoms with Crippen LogP contribution in [0.2, 0.25) is 0 Å². The van der Waals surface area contributed by atoms with Crippen LogP contribution < -0.4 is 31.1 Å². The molecule has 1 aromatic heterocycles. The third-order valence-corrected chi connectivity index (χ3v) is 4.20. The minimum Gasteiger partial charge on any atom is -0.497 e. The number of urea groups is 1. The van der Waals surface area contributed by atoms with Crippen molar-refractivity contribution in [3.8, 4) is 5.75 Å². The summed E-state index contributed by atoms with van der Waals surface area (Å²) in [6, 6.07) is 11.3. The molecular formula is C17H22N6O2. The van der Waals surface area contributed by atoms with E-state index in [1.807, 2.05) is 23.6 Å². The molecule has 132 valence electrons. The van der Waals surface area contributed by atoms with Crippen LogP contribution in [0, 0.1) is 0 Å². The molecule has 1 aliphatic rings. The van der Waals surface area contributed by atoms with Gasteiger partial charge in [0.1, 0.15) is 11.6 Å². The first kappa shape index (κ1) is 16.8. The van der Waals surface area contributed by atoms with Crippen LogP contribution in [0.5, 0.6) is 5.75 Å². The van der Waals surface area contributed by atoms with Crippen LogP contribution in [-0.2, 0) is 0 Å². The Morgan fingerprint density at radius 1 is 1.04 bits per heavy atom. The molecule has 0 unspecified atom stereocenters. The summed E-state index contributed by atoms with van der Waals surface area (Å²) in [5.74, 6) is 6.36. The highest BCUT2D eigenvalue weighted by Crippen LogP contribution is 2.23. The Morgan fingerprint density at radius 3 is 2.16 bits per heavy atom. The number of nitrogens with zero attached hydrogens (tertiary/aromatic N) is 3. The van der Waals surface area contributed by atoms with Gasteiger partial charge in [-0.15, -0.1) is 0 Å². The Kier molecular flexibility index (Phi) is 5.20. The number of benzene rings is 1. The summed E-state index contributed by atoms with van der Waals surface area (Å²) in [6.45, 7) is 3.68. The van der Waals surface area contributed by atoms with Crippen molar-refractivity contribution in [1.29, 1.82) is 0 Å². The molecule has 0 radical (unpaired) electrons. The van der Waals surface area contributed by atoms with Crippen molar-refractivity contribution in [2.24, 2.45) is 5.84 Å². The van der Waals surface area contributed by atoms with E-state index in [4.69, 9.17) is 10.6 Å². The number of ether oxygens (including phenoxy) is 1. The van der Waals surface area contributed by atoms with Crippen LogP contribution in [0.3, 0.4) is 0 Å². The van der Waals surface area contributed by atoms with Crippen molar-refractivity contribution in [3.63, 3.8) is 0 Å². The van der Waals surface area contributed by atoms with E-state index < -0.39 is 6.03 Å². The van der Waals surface area contributed by atoms with Gasteiger partial charge in [-0.05, 0) is 36.4 Å². The maximum absolute atomic E-state index is 11.2. The average Bonchev–Trinajstić information content (AvgIpc) is 2.69. The number of amides is 2. The summed E-state index contributed by atoms with van der Waals surface area (Å²) in [6.07, 6.45) is 1.76. The summed E-state index contributed by atoms with van der Waals surface area (Å²) >= 11 is 0. The number of methoxy groups -OCH3 is 1. The van der Waals surface area contributed by atoms with Gasteiger partial charge in [-0.3, -0.25) is 10.7 Å². The molecule has 4 N–H and O–H groups in total. The van der Waals surface area contributed by atoms with E-state index in [1.54, 1.807) is 19.4 Å². The van der Waals surface area contributed by atoms with Crippen molar-refractivity contribution < 1.29 is 9.53 Å². The molecule has 2 aromatic rings.